The third kappa shape index (κ3) is 5.03. The van der Waals surface area contributed by atoms with Gasteiger partial charge < -0.3 is 9.47 Å². The highest BCUT2D eigenvalue weighted by atomic mass is 35.5. The van der Waals surface area contributed by atoms with Crippen molar-refractivity contribution in [2.45, 2.75) is 6.61 Å². The lowest BCUT2D eigenvalue weighted by atomic mass is 10.1. The van der Waals surface area contributed by atoms with E-state index >= 15 is 0 Å². The van der Waals surface area contributed by atoms with Crippen LogP contribution in [-0.4, -0.2) is 17.3 Å². The lowest BCUT2D eigenvalue weighted by molar-refractivity contribution is -0.113. The van der Waals surface area contributed by atoms with Gasteiger partial charge in [0.2, 0.25) is 0 Å². The standard InChI is InChI=1S/C24H16ClF2NO3S2/c1-30-20-9-8-14(10-21(20)31-13-17-18(25)6-3-7-19(17)27)11-22-23(29)28(24(32)33-22)16-5-2-4-15(26)12-16/h2-12H,13H2,1H3/b22-11+. The van der Waals surface area contributed by atoms with Crippen molar-refractivity contribution in [3.63, 3.8) is 0 Å². The molecule has 0 aromatic heterocycles. The SMILES string of the molecule is COc1ccc(/C=C2/SC(=S)N(c3cccc(F)c3)C2=O)cc1OCc1c(F)cccc1Cl. The van der Waals surface area contributed by atoms with E-state index < -0.39 is 11.6 Å². The summed E-state index contributed by atoms with van der Waals surface area (Å²) in [5, 5.41) is 0.256. The summed E-state index contributed by atoms with van der Waals surface area (Å²) in [4.78, 5) is 14.6. The van der Waals surface area contributed by atoms with E-state index in [0.29, 0.717) is 32.0 Å². The highest BCUT2D eigenvalue weighted by Gasteiger charge is 2.33. The van der Waals surface area contributed by atoms with Crippen LogP contribution in [0, 0.1) is 11.6 Å². The fraction of sp³-hybridized carbons (Fsp3) is 0.0833. The first kappa shape index (κ1) is 23.2. The minimum atomic E-state index is -0.473. The van der Waals surface area contributed by atoms with Gasteiger partial charge in [0.25, 0.3) is 5.91 Å². The van der Waals surface area contributed by atoms with E-state index in [2.05, 4.69) is 0 Å². The molecule has 0 N–H and O–H groups in total. The molecule has 0 unspecified atom stereocenters. The van der Waals surface area contributed by atoms with Gasteiger partial charge >= 0.3 is 0 Å². The molecule has 1 aliphatic rings. The number of rotatable bonds is 6. The van der Waals surface area contributed by atoms with Crippen molar-refractivity contribution in [3.8, 4) is 11.5 Å². The largest absolute Gasteiger partial charge is 0.493 e. The molecule has 4 rings (SSSR count). The van der Waals surface area contributed by atoms with Crippen molar-refractivity contribution in [1.82, 2.24) is 0 Å². The van der Waals surface area contributed by atoms with Crippen LogP contribution in [0.3, 0.4) is 0 Å². The normalized spacial score (nSPS) is 14.8. The second kappa shape index (κ2) is 9.91. The number of methoxy groups -OCH3 is 1. The molecular formula is C24H16ClF2NO3S2. The van der Waals surface area contributed by atoms with Crippen LogP contribution in [0.5, 0.6) is 11.5 Å². The average Bonchev–Trinajstić information content (AvgIpc) is 3.06. The monoisotopic (exact) mass is 503 g/mol. The molecule has 3 aromatic rings. The number of nitrogens with zero attached hydrogens (tertiary/aromatic N) is 1. The van der Waals surface area contributed by atoms with Crippen LogP contribution in [0.1, 0.15) is 11.1 Å². The molecule has 4 nitrogen and oxygen atoms in total. The van der Waals surface area contributed by atoms with E-state index in [4.69, 9.17) is 33.3 Å². The van der Waals surface area contributed by atoms with Gasteiger partial charge in [-0.25, -0.2) is 8.78 Å². The Morgan fingerprint density at radius 2 is 1.88 bits per heavy atom. The molecule has 1 aliphatic heterocycles. The van der Waals surface area contributed by atoms with E-state index in [1.165, 1.54) is 42.3 Å². The van der Waals surface area contributed by atoms with Crippen molar-refractivity contribution in [2.24, 2.45) is 0 Å². The topological polar surface area (TPSA) is 38.8 Å². The van der Waals surface area contributed by atoms with E-state index in [1.54, 1.807) is 36.4 Å². The number of halogens is 3. The van der Waals surface area contributed by atoms with Crippen molar-refractivity contribution in [1.29, 1.82) is 0 Å². The van der Waals surface area contributed by atoms with Crippen LogP contribution in [0.4, 0.5) is 14.5 Å². The van der Waals surface area contributed by atoms with Crippen molar-refractivity contribution >= 4 is 57.6 Å². The summed E-state index contributed by atoms with van der Waals surface area (Å²) < 4.78 is 39.1. The first-order chi connectivity index (χ1) is 15.9. The predicted molar refractivity (Wildman–Crippen MR) is 131 cm³/mol. The number of carbonyl (C=O) groups is 1. The lowest BCUT2D eigenvalue weighted by Gasteiger charge is -2.14. The van der Waals surface area contributed by atoms with Gasteiger partial charge in [-0.05, 0) is 54.1 Å². The molecule has 3 aromatic carbocycles. The van der Waals surface area contributed by atoms with Crippen LogP contribution in [0.25, 0.3) is 6.08 Å². The molecule has 1 heterocycles. The number of thioether (sulfide) groups is 1. The molecule has 1 fully saturated rings. The van der Waals surface area contributed by atoms with Crippen molar-refractivity contribution in [3.05, 3.63) is 93.4 Å². The molecule has 0 bridgehead atoms. The maximum atomic E-state index is 14.1. The third-order valence-electron chi connectivity index (χ3n) is 4.78. The van der Waals surface area contributed by atoms with Gasteiger partial charge in [-0.15, -0.1) is 0 Å². The van der Waals surface area contributed by atoms with Crippen LogP contribution in [-0.2, 0) is 11.4 Å². The van der Waals surface area contributed by atoms with E-state index in [1.807, 2.05) is 0 Å². The smallest absolute Gasteiger partial charge is 0.270 e. The van der Waals surface area contributed by atoms with Gasteiger partial charge in [0, 0.05) is 5.56 Å². The minimum Gasteiger partial charge on any atom is -0.493 e. The maximum Gasteiger partial charge on any atom is 0.270 e. The average molecular weight is 504 g/mol. The van der Waals surface area contributed by atoms with Gasteiger partial charge in [-0.2, -0.15) is 0 Å². The van der Waals surface area contributed by atoms with Gasteiger partial charge in [0.05, 0.1) is 22.7 Å². The van der Waals surface area contributed by atoms with Gasteiger partial charge in [-0.3, -0.25) is 9.69 Å². The number of hydrogen-bond acceptors (Lipinski definition) is 5. The molecule has 0 radical (unpaired) electrons. The zero-order valence-corrected chi connectivity index (χ0v) is 19.6. The second-order valence-corrected chi connectivity index (χ2v) is 8.98. The summed E-state index contributed by atoms with van der Waals surface area (Å²) in [6.45, 7) is -0.104. The number of carbonyl (C=O) groups excluding carboxylic acids is 1. The summed E-state index contributed by atoms with van der Waals surface area (Å²) in [6, 6.07) is 15.2. The summed E-state index contributed by atoms with van der Waals surface area (Å²) >= 11 is 12.5. The molecule has 1 amide bonds. The first-order valence-electron chi connectivity index (χ1n) is 9.64. The molecule has 0 atom stereocenters. The molecule has 0 saturated carbocycles. The summed E-state index contributed by atoms with van der Waals surface area (Å²) in [7, 11) is 1.49. The van der Waals surface area contributed by atoms with Crippen molar-refractivity contribution < 1.29 is 23.0 Å². The molecular weight excluding hydrogens is 488 g/mol. The van der Waals surface area contributed by atoms with E-state index in [0.717, 1.165) is 11.8 Å². The summed E-state index contributed by atoms with van der Waals surface area (Å²) in [6.07, 6.45) is 1.65. The Kier molecular flexibility index (Phi) is 6.97. The molecule has 33 heavy (non-hydrogen) atoms. The highest BCUT2D eigenvalue weighted by Crippen LogP contribution is 2.37. The first-order valence-corrected chi connectivity index (χ1v) is 11.2. The number of benzene rings is 3. The van der Waals surface area contributed by atoms with Crippen LogP contribution in [0.15, 0.2) is 65.6 Å². The van der Waals surface area contributed by atoms with Crippen LogP contribution in [0.2, 0.25) is 5.02 Å². The van der Waals surface area contributed by atoms with Gasteiger partial charge in [0.15, 0.2) is 15.8 Å². The fourth-order valence-corrected chi connectivity index (χ4v) is 4.69. The molecule has 9 heteroatoms. The minimum absolute atomic E-state index is 0.104. The Morgan fingerprint density at radius 1 is 1.09 bits per heavy atom. The molecule has 0 spiro atoms. The predicted octanol–water partition coefficient (Wildman–Crippen LogP) is 6.61. The zero-order chi connectivity index (χ0) is 23.5. The van der Waals surface area contributed by atoms with Gasteiger partial charge in [0.1, 0.15) is 18.2 Å². The number of thiocarbonyl (C=S) groups is 1. The quantitative estimate of drug-likeness (QED) is 0.279. The number of amides is 1. The Labute approximate surface area is 203 Å². The molecule has 1 saturated heterocycles. The Balaban J connectivity index is 1.59. The van der Waals surface area contributed by atoms with E-state index in [9.17, 15) is 13.6 Å². The second-order valence-electron chi connectivity index (χ2n) is 6.90. The Morgan fingerprint density at radius 3 is 2.61 bits per heavy atom. The number of anilines is 1. The Bertz CT molecular complexity index is 1260. The highest BCUT2D eigenvalue weighted by molar-refractivity contribution is 8.27. The Hall–Kier alpha value is -2.94. The van der Waals surface area contributed by atoms with Crippen molar-refractivity contribution in [2.75, 3.05) is 12.0 Å². The van der Waals surface area contributed by atoms with E-state index in [-0.39, 0.29) is 23.1 Å². The summed E-state index contributed by atoms with van der Waals surface area (Å²) in [5.74, 6) is -0.499. The summed E-state index contributed by atoms with van der Waals surface area (Å²) in [5.41, 5.74) is 1.23. The number of hydrogen-bond donors (Lipinski definition) is 0. The fourth-order valence-electron chi connectivity index (χ4n) is 3.17. The molecule has 0 aliphatic carbocycles. The maximum absolute atomic E-state index is 14.1. The van der Waals surface area contributed by atoms with Crippen LogP contribution >= 0.6 is 35.6 Å². The zero-order valence-electron chi connectivity index (χ0n) is 17.2. The van der Waals surface area contributed by atoms with Gasteiger partial charge in [-0.1, -0.05) is 53.8 Å². The number of ether oxygens (including phenoxy) is 2. The lowest BCUT2D eigenvalue weighted by Crippen LogP contribution is -2.27. The van der Waals surface area contributed by atoms with Crippen LogP contribution < -0.4 is 14.4 Å². The third-order valence-corrected chi connectivity index (χ3v) is 6.44. The molecule has 168 valence electrons.